The third-order valence-electron chi connectivity index (χ3n) is 6.97. The van der Waals surface area contributed by atoms with Crippen LogP contribution in [0, 0.1) is 0 Å². The van der Waals surface area contributed by atoms with E-state index in [-0.39, 0.29) is 44.3 Å². The van der Waals surface area contributed by atoms with Crippen LogP contribution in [-0.2, 0) is 41.6 Å². The Hall–Kier alpha value is -4.54. The van der Waals surface area contributed by atoms with Crippen molar-refractivity contribution >= 4 is 35.9 Å². The minimum Gasteiger partial charge on any atom is -0.481 e. The van der Waals surface area contributed by atoms with Crippen molar-refractivity contribution < 1.29 is 33.9 Å². The molecule has 218 valence electrons. The van der Waals surface area contributed by atoms with Crippen LogP contribution >= 0.6 is 0 Å². The zero-order valence-electron chi connectivity index (χ0n) is 23.0. The number of carboxylic acids is 1. The molecular weight excluding hydrogens is 528 g/mol. The largest absolute Gasteiger partial charge is 0.481 e. The topological polar surface area (TPSA) is 153 Å². The van der Waals surface area contributed by atoms with E-state index in [0.29, 0.717) is 19.1 Å². The van der Waals surface area contributed by atoms with Crippen molar-refractivity contribution in [3.63, 3.8) is 0 Å². The lowest BCUT2D eigenvalue weighted by Crippen LogP contribution is -2.56. The number of benzene rings is 2. The number of nitrogens with one attached hydrogen (secondary N) is 2. The van der Waals surface area contributed by atoms with E-state index in [1.54, 1.807) is 0 Å². The number of aryl methyl sites for hydroxylation is 2. The summed E-state index contributed by atoms with van der Waals surface area (Å²) < 4.78 is 0. The second-order valence-electron chi connectivity index (χ2n) is 9.99. The first-order chi connectivity index (χ1) is 19.7. The van der Waals surface area contributed by atoms with Crippen LogP contribution in [0.4, 0.5) is 0 Å². The van der Waals surface area contributed by atoms with Gasteiger partial charge in [0.25, 0.3) is 0 Å². The van der Waals surface area contributed by atoms with Crippen LogP contribution in [0.25, 0.3) is 0 Å². The van der Waals surface area contributed by atoms with E-state index < -0.39 is 42.3 Å². The predicted molar refractivity (Wildman–Crippen MR) is 149 cm³/mol. The van der Waals surface area contributed by atoms with Crippen molar-refractivity contribution in [2.24, 2.45) is 0 Å². The van der Waals surface area contributed by atoms with Gasteiger partial charge >= 0.3 is 5.97 Å². The summed E-state index contributed by atoms with van der Waals surface area (Å²) in [4.78, 5) is 77.6. The Morgan fingerprint density at radius 1 is 0.951 bits per heavy atom. The van der Waals surface area contributed by atoms with Gasteiger partial charge < -0.3 is 30.3 Å². The minimum atomic E-state index is -1.26. The van der Waals surface area contributed by atoms with Crippen LogP contribution in [0.15, 0.2) is 60.7 Å². The Balaban J connectivity index is 1.73. The van der Waals surface area contributed by atoms with Gasteiger partial charge in [0.15, 0.2) is 0 Å². The highest BCUT2D eigenvalue weighted by molar-refractivity contribution is 5.94. The monoisotopic (exact) mass is 564 g/mol. The first-order valence-corrected chi connectivity index (χ1v) is 13.6. The number of rotatable bonds is 13. The number of nitrogens with zero attached hydrogens (tertiary/aromatic N) is 2. The first kappa shape index (κ1) is 31.0. The molecule has 41 heavy (non-hydrogen) atoms. The summed E-state index contributed by atoms with van der Waals surface area (Å²) in [5.74, 6) is -3.07. The molecule has 0 radical (unpaired) electrons. The van der Waals surface area contributed by atoms with Crippen LogP contribution in [0.5, 0.6) is 0 Å². The number of aldehydes is 1. The Kier molecular flexibility index (Phi) is 11.6. The molecule has 1 aliphatic heterocycles. The van der Waals surface area contributed by atoms with Crippen LogP contribution < -0.4 is 10.6 Å². The van der Waals surface area contributed by atoms with E-state index in [1.807, 2.05) is 60.7 Å². The third-order valence-corrected chi connectivity index (χ3v) is 6.97. The van der Waals surface area contributed by atoms with E-state index in [2.05, 4.69) is 10.6 Å². The van der Waals surface area contributed by atoms with Crippen molar-refractivity contribution in [1.29, 1.82) is 0 Å². The smallest absolute Gasteiger partial charge is 0.305 e. The summed E-state index contributed by atoms with van der Waals surface area (Å²) in [6.45, 7) is 1.56. The van der Waals surface area contributed by atoms with E-state index in [0.717, 1.165) is 11.1 Å². The van der Waals surface area contributed by atoms with Gasteiger partial charge in [-0.25, -0.2) is 0 Å². The lowest BCUT2D eigenvalue weighted by molar-refractivity contribution is -0.143. The van der Waals surface area contributed by atoms with Gasteiger partial charge in [0.2, 0.25) is 23.6 Å². The molecule has 0 bridgehead atoms. The van der Waals surface area contributed by atoms with E-state index >= 15 is 0 Å². The van der Waals surface area contributed by atoms with E-state index in [1.165, 1.54) is 16.7 Å². The second kappa shape index (κ2) is 15.3. The molecule has 11 heteroatoms. The highest BCUT2D eigenvalue weighted by Crippen LogP contribution is 2.14. The Labute approximate surface area is 238 Å². The zero-order valence-corrected chi connectivity index (χ0v) is 23.0. The maximum Gasteiger partial charge on any atom is 0.305 e. The molecule has 0 aromatic heterocycles. The van der Waals surface area contributed by atoms with Crippen LogP contribution in [0.3, 0.4) is 0 Å². The van der Waals surface area contributed by atoms with Crippen molar-refractivity contribution in [2.75, 3.05) is 19.6 Å². The summed E-state index contributed by atoms with van der Waals surface area (Å²) in [5, 5.41) is 14.1. The third kappa shape index (κ3) is 9.55. The van der Waals surface area contributed by atoms with Crippen LogP contribution in [0.2, 0.25) is 0 Å². The fourth-order valence-corrected chi connectivity index (χ4v) is 4.64. The van der Waals surface area contributed by atoms with Gasteiger partial charge in [-0.2, -0.15) is 0 Å². The molecule has 0 saturated carbocycles. The molecule has 4 amide bonds. The molecule has 1 aliphatic rings. The number of carboxylic acid groups (broad SMARTS) is 1. The molecule has 0 spiro atoms. The molecule has 1 saturated heterocycles. The Bertz CT molecular complexity index is 1220. The molecule has 3 N–H and O–H groups in total. The second-order valence-corrected chi connectivity index (χ2v) is 9.99. The van der Waals surface area contributed by atoms with Crippen LogP contribution in [0.1, 0.15) is 37.3 Å². The quantitative estimate of drug-likeness (QED) is 0.306. The molecule has 3 rings (SSSR count). The van der Waals surface area contributed by atoms with Gasteiger partial charge in [0, 0.05) is 32.5 Å². The highest BCUT2D eigenvalue weighted by Gasteiger charge is 2.37. The van der Waals surface area contributed by atoms with Gasteiger partial charge in [0.05, 0.1) is 12.5 Å². The number of carbonyl (C=O) groups is 6. The van der Waals surface area contributed by atoms with Gasteiger partial charge in [-0.3, -0.25) is 24.0 Å². The van der Waals surface area contributed by atoms with Crippen molar-refractivity contribution in [3.05, 3.63) is 71.8 Å². The SMILES string of the molecule is C[C@H](C(=O)N[C@H](C=O)CC(=O)O)N1CCN(C(=O)CCc2ccccc2)C[C@H](NC(=O)CCc2ccccc2)C1=O. The summed E-state index contributed by atoms with van der Waals surface area (Å²) in [7, 11) is 0. The van der Waals surface area contributed by atoms with E-state index in [4.69, 9.17) is 5.11 Å². The maximum atomic E-state index is 13.6. The Morgan fingerprint density at radius 2 is 1.54 bits per heavy atom. The molecule has 0 unspecified atom stereocenters. The summed E-state index contributed by atoms with van der Waals surface area (Å²) >= 11 is 0. The number of amides is 4. The number of carbonyl (C=O) groups excluding carboxylic acids is 5. The molecule has 1 fully saturated rings. The molecular formula is C30H36N4O7. The Morgan fingerprint density at radius 3 is 2.10 bits per heavy atom. The number of hydrogen-bond acceptors (Lipinski definition) is 6. The predicted octanol–water partition coefficient (Wildman–Crippen LogP) is 0.955. The molecule has 2 aromatic carbocycles. The molecule has 3 atom stereocenters. The molecule has 2 aromatic rings. The average molecular weight is 565 g/mol. The zero-order chi connectivity index (χ0) is 29.8. The number of aliphatic carboxylic acids is 1. The molecule has 0 aliphatic carbocycles. The molecule has 1 heterocycles. The fraction of sp³-hybridized carbons (Fsp3) is 0.400. The van der Waals surface area contributed by atoms with Gasteiger partial charge in [-0.15, -0.1) is 0 Å². The lowest BCUT2D eigenvalue weighted by Gasteiger charge is -2.29. The first-order valence-electron chi connectivity index (χ1n) is 13.6. The fourth-order valence-electron chi connectivity index (χ4n) is 4.64. The minimum absolute atomic E-state index is 0.0194. The summed E-state index contributed by atoms with van der Waals surface area (Å²) in [6, 6.07) is 15.5. The van der Waals surface area contributed by atoms with Crippen LogP contribution in [-0.4, -0.2) is 88.6 Å². The average Bonchev–Trinajstić information content (AvgIpc) is 3.13. The van der Waals surface area contributed by atoms with Crippen molar-refractivity contribution in [1.82, 2.24) is 20.4 Å². The number of hydrogen-bond donors (Lipinski definition) is 3. The lowest BCUT2D eigenvalue weighted by atomic mass is 10.1. The molecule has 11 nitrogen and oxygen atoms in total. The summed E-state index contributed by atoms with van der Waals surface area (Å²) in [5.41, 5.74) is 1.96. The van der Waals surface area contributed by atoms with Gasteiger partial charge in [-0.1, -0.05) is 60.7 Å². The standard InChI is InChI=1S/C30H36N4O7/c1-21(29(40)31-24(20-35)18-28(38)39)34-17-16-33(27(37)15-13-23-10-6-3-7-11-23)19-25(30(34)41)32-26(36)14-12-22-8-4-2-5-9-22/h2-11,20-21,24-25H,12-19H2,1H3,(H,31,40)(H,32,36)(H,38,39)/t21-,24+,25+/m1/s1. The summed E-state index contributed by atoms with van der Waals surface area (Å²) in [6.07, 6.45) is 1.04. The maximum absolute atomic E-state index is 13.6. The van der Waals surface area contributed by atoms with Crippen molar-refractivity contribution in [2.45, 2.75) is 57.2 Å². The van der Waals surface area contributed by atoms with E-state index in [9.17, 15) is 28.8 Å². The normalized spacial score (nSPS) is 16.7. The highest BCUT2D eigenvalue weighted by atomic mass is 16.4. The van der Waals surface area contributed by atoms with Gasteiger partial charge in [-0.05, 0) is 30.9 Å². The van der Waals surface area contributed by atoms with Crippen molar-refractivity contribution in [3.8, 4) is 0 Å². The van der Waals surface area contributed by atoms with Gasteiger partial charge in [0.1, 0.15) is 18.4 Å².